The molecule has 0 aromatic carbocycles. The van der Waals surface area contributed by atoms with Crippen molar-refractivity contribution in [2.24, 2.45) is 5.92 Å². The van der Waals surface area contributed by atoms with Crippen LogP contribution in [0.5, 0.6) is 0 Å². The van der Waals surface area contributed by atoms with E-state index < -0.39 is 23.6 Å². The van der Waals surface area contributed by atoms with E-state index in [1.807, 2.05) is 0 Å². The first-order valence-electron chi connectivity index (χ1n) is 5.67. The summed E-state index contributed by atoms with van der Waals surface area (Å²) in [6.45, 7) is 0. The van der Waals surface area contributed by atoms with Gasteiger partial charge in [-0.3, -0.25) is 4.79 Å². The number of hydrogen-bond donors (Lipinski definition) is 3. The van der Waals surface area contributed by atoms with Crippen LogP contribution in [0.2, 0.25) is 0 Å². The third kappa shape index (κ3) is 2.74. The van der Waals surface area contributed by atoms with Crippen molar-refractivity contribution in [3.8, 4) is 0 Å². The minimum absolute atomic E-state index is 0.280. The fraction of sp³-hybridized carbons (Fsp3) is 0.636. The van der Waals surface area contributed by atoms with Crippen molar-refractivity contribution >= 4 is 33.2 Å². The highest BCUT2D eigenvalue weighted by molar-refractivity contribution is 9.11. The molecule has 0 amide bonds. The molecule has 2 rings (SSSR count). The molecule has 1 saturated carbocycles. The maximum Gasteiger partial charge on any atom is 0.306 e. The van der Waals surface area contributed by atoms with Gasteiger partial charge in [-0.05, 0) is 41.6 Å². The van der Waals surface area contributed by atoms with Crippen LogP contribution in [0, 0.1) is 5.92 Å². The van der Waals surface area contributed by atoms with Gasteiger partial charge < -0.3 is 15.3 Å². The largest absolute Gasteiger partial charge is 0.481 e. The highest BCUT2D eigenvalue weighted by Gasteiger charge is 2.42. The van der Waals surface area contributed by atoms with Gasteiger partial charge in [0, 0.05) is 0 Å². The predicted octanol–water partition coefficient (Wildman–Crippen LogP) is 1.94. The van der Waals surface area contributed by atoms with E-state index in [1.165, 1.54) is 11.3 Å². The summed E-state index contributed by atoms with van der Waals surface area (Å²) in [5, 5.41) is 29.9. The second-order valence-electron chi connectivity index (χ2n) is 4.62. The number of rotatable bonds is 3. The zero-order valence-corrected chi connectivity index (χ0v) is 11.9. The molecule has 0 bridgehead atoms. The number of hydrogen-bond acceptors (Lipinski definition) is 5. The number of halogens is 1. The number of nitrogens with zero attached hydrogens (tertiary/aromatic N) is 1. The summed E-state index contributed by atoms with van der Waals surface area (Å²) in [5.41, 5.74) is -1.26. The summed E-state index contributed by atoms with van der Waals surface area (Å²) >= 11 is 4.53. The van der Waals surface area contributed by atoms with Gasteiger partial charge in [-0.25, -0.2) is 4.98 Å². The maximum atomic E-state index is 10.8. The first-order valence-corrected chi connectivity index (χ1v) is 7.28. The Hall–Kier alpha value is -0.500. The van der Waals surface area contributed by atoms with E-state index in [0.717, 1.165) is 3.79 Å². The van der Waals surface area contributed by atoms with Gasteiger partial charge in [-0.2, -0.15) is 0 Å². The third-order valence-electron chi connectivity index (χ3n) is 3.44. The monoisotopic (exact) mass is 335 g/mol. The van der Waals surface area contributed by atoms with Crippen LogP contribution in [0.1, 0.15) is 36.8 Å². The molecule has 7 heteroatoms. The molecule has 0 saturated heterocycles. The number of aliphatic hydroxyl groups excluding tert-OH is 1. The van der Waals surface area contributed by atoms with E-state index >= 15 is 0 Å². The van der Waals surface area contributed by atoms with E-state index in [1.54, 1.807) is 6.20 Å². The highest BCUT2D eigenvalue weighted by Crippen LogP contribution is 2.41. The van der Waals surface area contributed by atoms with Crippen molar-refractivity contribution in [2.45, 2.75) is 37.4 Å². The van der Waals surface area contributed by atoms with Crippen LogP contribution < -0.4 is 0 Å². The number of aromatic nitrogens is 1. The average Bonchev–Trinajstić information content (AvgIpc) is 2.75. The molecular weight excluding hydrogens is 322 g/mol. The van der Waals surface area contributed by atoms with Gasteiger partial charge in [0.25, 0.3) is 0 Å². The molecule has 1 fully saturated rings. The van der Waals surface area contributed by atoms with Crippen LogP contribution in [-0.2, 0) is 4.79 Å². The Morgan fingerprint density at radius 2 is 2.17 bits per heavy atom. The topological polar surface area (TPSA) is 90.7 Å². The number of carboxylic acid groups (broad SMARTS) is 1. The third-order valence-corrected chi connectivity index (χ3v) is 4.97. The summed E-state index contributed by atoms with van der Waals surface area (Å²) in [7, 11) is 0. The van der Waals surface area contributed by atoms with Crippen molar-refractivity contribution < 1.29 is 20.1 Å². The molecule has 1 aliphatic rings. The molecule has 5 nitrogen and oxygen atoms in total. The summed E-state index contributed by atoms with van der Waals surface area (Å²) in [5.74, 6) is -1.25. The van der Waals surface area contributed by atoms with E-state index in [-0.39, 0.29) is 12.8 Å². The molecule has 1 atom stereocenters. The van der Waals surface area contributed by atoms with Gasteiger partial charge in [0.15, 0.2) is 0 Å². The van der Waals surface area contributed by atoms with Crippen molar-refractivity contribution in [1.82, 2.24) is 4.98 Å². The van der Waals surface area contributed by atoms with Crippen molar-refractivity contribution in [1.29, 1.82) is 0 Å². The number of thiazole rings is 1. The number of aliphatic hydroxyl groups is 2. The number of carboxylic acids is 1. The molecule has 0 spiro atoms. The van der Waals surface area contributed by atoms with Crippen LogP contribution >= 0.6 is 27.3 Å². The van der Waals surface area contributed by atoms with Gasteiger partial charge in [0.1, 0.15) is 11.1 Å². The Labute approximate surface area is 117 Å². The normalized spacial score (nSPS) is 30.1. The van der Waals surface area contributed by atoms with Crippen LogP contribution in [-0.4, -0.2) is 31.9 Å². The van der Waals surface area contributed by atoms with E-state index in [4.69, 9.17) is 5.11 Å². The van der Waals surface area contributed by atoms with Crippen LogP contribution in [0.4, 0.5) is 0 Å². The Morgan fingerprint density at radius 3 is 2.61 bits per heavy atom. The van der Waals surface area contributed by atoms with Gasteiger partial charge in [0.2, 0.25) is 0 Å². The van der Waals surface area contributed by atoms with E-state index in [0.29, 0.717) is 17.8 Å². The minimum Gasteiger partial charge on any atom is -0.481 e. The van der Waals surface area contributed by atoms with Gasteiger partial charge in [0.05, 0.1) is 21.5 Å². The van der Waals surface area contributed by atoms with Gasteiger partial charge >= 0.3 is 5.97 Å². The van der Waals surface area contributed by atoms with Crippen molar-refractivity contribution in [2.75, 3.05) is 0 Å². The fourth-order valence-electron chi connectivity index (χ4n) is 2.26. The number of carbonyl (C=O) groups is 1. The zero-order chi connectivity index (χ0) is 13.3. The molecule has 1 unspecified atom stereocenters. The van der Waals surface area contributed by atoms with Gasteiger partial charge in [-0.15, -0.1) is 11.3 Å². The van der Waals surface area contributed by atoms with Crippen LogP contribution in [0.15, 0.2) is 9.98 Å². The lowest BCUT2D eigenvalue weighted by Crippen LogP contribution is -2.41. The summed E-state index contributed by atoms with van der Waals surface area (Å²) in [6.07, 6.45) is 1.86. The number of aliphatic carboxylic acids is 1. The quantitative estimate of drug-likeness (QED) is 0.785. The molecule has 3 N–H and O–H groups in total. The first kappa shape index (κ1) is 13.9. The Kier molecular flexibility index (Phi) is 4.05. The predicted molar refractivity (Wildman–Crippen MR) is 69.3 cm³/mol. The molecule has 0 radical (unpaired) electrons. The fourth-order valence-corrected chi connectivity index (χ4v) is 3.60. The van der Waals surface area contributed by atoms with E-state index in [2.05, 4.69) is 20.9 Å². The molecular formula is C11H14BrNO4S. The lowest BCUT2D eigenvalue weighted by atomic mass is 9.76. The zero-order valence-electron chi connectivity index (χ0n) is 9.54. The van der Waals surface area contributed by atoms with Crippen molar-refractivity contribution in [3.63, 3.8) is 0 Å². The molecule has 1 aliphatic carbocycles. The molecule has 0 aliphatic heterocycles. The molecule has 1 heterocycles. The Morgan fingerprint density at radius 1 is 1.56 bits per heavy atom. The lowest BCUT2D eigenvalue weighted by Gasteiger charge is -2.37. The Balaban J connectivity index is 2.07. The maximum absolute atomic E-state index is 10.8. The molecule has 100 valence electrons. The average molecular weight is 336 g/mol. The standard InChI is InChI=1S/C11H14BrNO4S/c12-7-5-13-9(18-7)8(14)11(17)3-1-6(2-4-11)10(15)16/h5-6,8,14,17H,1-4H2,(H,15,16). The molecule has 18 heavy (non-hydrogen) atoms. The van der Waals surface area contributed by atoms with Crippen LogP contribution in [0.3, 0.4) is 0 Å². The highest BCUT2D eigenvalue weighted by atomic mass is 79.9. The summed E-state index contributed by atoms with van der Waals surface area (Å²) in [6, 6.07) is 0. The molecule has 1 aromatic heterocycles. The minimum atomic E-state index is -1.26. The summed E-state index contributed by atoms with van der Waals surface area (Å²) in [4.78, 5) is 14.9. The Bertz CT molecular complexity index is 442. The SMILES string of the molecule is O=C(O)C1CCC(O)(C(O)c2ncc(Br)s2)CC1. The first-order chi connectivity index (χ1) is 8.42. The smallest absolute Gasteiger partial charge is 0.306 e. The van der Waals surface area contributed by atoms with E-state index in [9.17, 15) is 15.0 Å². The second kappa shape index (κ2) is 5.24. The van der Waals surface area contributed by atoms with Crippen LogP contribution in [0.25, 0.3) is 0 Å². The lowest BCUT2D eigenvalue weighted by molar-refractivity contribution is -0.149. The second-order valence-corrected chi connectivity index (χ2v) is 7.06. The van der Waals surface area contributed by atoms with Gasteiger partial charge in [-0.1, -0.05) is 0 Å². The molecule has 1 aromatic rings. The van der Waals surface area contributed by atoms with Crippen molar-refractivity contribution in [3.05, 3.63) is 15.0 Å². The summed E-state index contributed by atoms with van der Waals surface area (Å²) < 4.78 is 0.791.